The van der Waals surface area contributed by atoms with Gasteiger partial charge >= 0.3 is 0 Å². The van der Waals surface area contributed by atoms with E-state index in [0.717, 1.165) is 42.8 Å². The summed E-state index contributed by atoms with van der Waals surface area (Å²) in [6.07, 6.45) is 3.77. The highest BCUT2D eigenvalue weighted by Gasteiger charge is 2.40. The molecule has 0 aliphatic carbocycles. The minimum Gasteiger partial charge on any atom is -0.381 e. The molecule has 3 fully saturated rings. The molecular weight excluding hydrogens is 384 g/mol. The van der Waals surface area contributed by atoms with Gasteiger partial charge in [0.25, 0.3) is 0 Å². The van der Waals surface area contributed by atoms with E-state index in [0.29, 0.717) is 39.3 Å². The lowest BCUT2D eigenvalue weighted by atomic mass is 9.94. The van der Waals surface area contributed by atoms with Crippen LogP contribution in [0.1, 0.15) is 49.5 Å². The van der Waals surface area contributed by atoms with Gasteiger partial charge in [-0.25, -0.2) is 0 Å². The molecule has 2 aromatic heterocycles. The average molecular weight is 412 g/mol. The molecule has 2 aromatic rings. The molecule has 9 nitrogen and oxygen atoms in total. The Morgan fingerprint density at radius 3 is 2.63 bits per heavy atom. The van der Waals surface area contributed by atoms with Gasteiger partial charge in [-0.05, 0) is 44.7 Å². The van der Waals surface area contributed by atoms with Gasteiger partial charge in [0, 0.05) is 51.2 Å². The molecule has 2 amide bonds. The highest BCUT2D eigenvalue weighted by atomic mass is 16.5. The molecule has 5 heterocycles. The first kappa shape index (κ1) is 19.4. The first-order valence-corrected chi connectivity index (χ1v) is 10.9. The Kier molecular flexibility index (Phi) is 5.14. The molecule has 0 N–H and O–H groups in total. The van der Waals surface area contributed by atoms with Crippen LogP contribution in [0, 0.1) is 12.8 Å². The second-order valence-corrected chi connectivity index (χ2v) is 8.69. The molecule has 0 bridgehead atoms. The maximum atomic E-state index is 13.1. The van der Waals surface area contributed by atoms with Crippen LogP contribution in [0.4, 0.5) is 0 Å². The maximum Gasteiger partial charge on any atom is 0.227 e. The van der Waals surface area contributed by atoms with E-state index < -0.39 is 0 Å². The molecule has 160 valence electrons. The predicted octanol–water partition coefficient (Wildman–Crippen LogP) is 1.17. The molecule has 5 rings (SSSR count). The molecule has 0 saturated carbocycles. The van der Waals surface area contributed by atoms with Crippen molar-refractivity contribution in [2.75, 3.05) is 32.8 Å². The molecular formula is C21H28N6O3. The van der Waals surface area contributed by atoms with Crippen molar-refractivity contribution in [2.45, 2.75) is 51.0 Å². The molecule has 3 aliphatic heterocycles. The second kappa shape index (κ2) is 7.94. The van der Waals surface area contributed by atoms with E-state index in [2.05, 4.69) is 15.3 Å². The lowest BCUT2D eigenvalue weighted by Crippen LogP contribution is -2.44. The van der Waals surface area contributed by atoms with Crippen LogP contribution in [0.25, 0.3) is 5.65 Å². The van der Waals surface area contributed by atoms with Crippen molar-refractivity contribution in [1.29, 1.82) is 0 Å². The van der Waals surface area contributed by atoms with E-state index in [-0.39, 0.29) is 29.7 Å². The van der Waals surface area contributed by atoms with Crippen molar-refractivity contribution in [3.8, 4) is 0 Å². The number of hydrogen-bond donors (Lipinski definition) is 0. The van der Waals surface area contributed by atoms with Gasteiger partial charge < -0.3 is 14.5 Å². The fourth-order valence-corrected chi connectivity index (χ4v) is 5.01. The van der Waals surface area contributed by atoms with Crippen molar-refractivity contribution in [3.63, 3.8) is 0 Å². The van der Waals surface area contributed by atoms with Crippen molar-refractivity contribution >= 4 is 17.5 Å². The van der Waals surface area contributed by atoms with Crippen LogP contribution < -0.4 is 0 Å². The summed E-state index contributed by atoms with van der Waals surface area (Å²) < 4.78 is 7.24. The maximum absolute atomic E-state index is 13.1. The third-order valence-electron chi connectivity index (χ3n) is 6.73. The molecule has 9 heteroatoms. The third-order valence-corrected chi connectivity index (χ3v) is 6.73. The summed E-state index contributed by atoms with van der Waals surface area (Å²) in [5, 5.41) is 13.1. The molecule has 0 spiro atoms. The van der Waals surface area contributed by atoms with Gasteiger partial charge in [-0.2, -0.15) is 9.61 Å². The number of hydrogen-bond acceptors (Lipinski definition) is 6. The van der Waals surface area contributed by atoms with Crippen LogP contribution in [-0.4, -0.2) is 80.3 Å². The van der Waals surface area contributed by atoms with E-state index in [1.54, 1.807) is 0 Å². The fourth-order valence-electron chi connectivity index (χ4n) is 5.01. The van der Waals surface area contributed by atoms with Crippen molar-refractivity contribution < 1.29 is 14.3 Å². The smallest absolute Gasteiger partial charge is 0.227 e. The van der Waals surface area contributed by atoms with Crippen LogP contribution in [-0.2, 0) is 14.3 Å². The fraction of sp³-hybridized carbons (Fsp3) is 0.667. The molecule has 3 saturated heterocycles. The van der Waals surface area contributed by atoms with Gasteiger partial charge in [-0.3, -0.25) is 9.59 Å². The van der Waals surface area contributed by atoms with Gasteiger partial charge in [-0.1, -0.05) is 0 Å². The van der Waals surface area contributed by atoms with Crippen LogP contribution >= 0.6 is 0 Å². The summed E-state index contributed by atoms with van der Waals surface area (Å²) in [6.45, 7) is 5.29. The van der Waals surface area contributed by atoms with Gasteiger partial charge in [0.2, 0.25) is 11.8 Å². The standard InChI is InChI=1S/C21H28N6O3/c1-14-2-3-18-22-23-20(27(18)24-14)15-4-8-25(9-5-15)21(29)16-12-19(28)26(13-16)17-6-10-30-11-7-17/h2-3,15-17H,4-13H2,1H3. The van der Waals surface area contributed by atoms with Crippen LogP contribution in [0.5, 0.6) is 0 Å². The Morgan fingerprint density at radius 2 is 1.87 bits per heavy atom. The summed E-state index contributed by atoms with van der Waals surface area (Å²) in [5.74, 6) is 1.14. The zero-order valence-corrected chi connectivity index (χ0v) is 17.4. The molecule has 3 aliphatic rings. The number of rotatable bonds is 3. The monoisotopic (exact) mass is 412 g/mol. The molecule has 1 atom stereocenters. The number of ether oxygens (including phenoxy) is 1. The van der Waals surface area contributed by atoms with E-state index in [4.69, 9.17) is 4.74 Å². The number of nitrogens with zero attached hydrogens (tertiary/aromatic N) is 6. The highest BCUT2D eigenvalue weighted by molar-refractivity contribution is 5.89. The van der Waals surface area contributed by atoms with Crippen LogP contribution in [0.15, 0.2) is 12.1 Å². The Bertz CT molecular complexity index is 945. The predicted molar refractivity (Wildman–Crippen MR) is 108 cm³/mol. The second-order valence-electron chi connectivity index (χ2n) is 8.69. The molecule has 0 aromatic carbocycles. The van der Waals surface area contributed by atoms with Gasteiger partial charge in [-0.15, -0.1) is 10.2 Å². The van der Waals surface area contributed by atoms with Gasteiger partial charge in [0.15, 0.2) is 11.5 Å². The lowest BCUT2D eigenvalue weighted by Gasteiger charge is -2.33. The Labute approximate surface area is 175 Å². The van der Waals surface area contributed by atoms with Crippen LogP contribution in [0.3, 0.4) is 0 Å². The van der Waals surface area contributed by atoms with Gasteiger partial charge in [0.05, 0.1) is 11.6 Å². The summed E-state index contributed by atoms with van der Waals surface area (Å²) in [7, 11) is 0. The third kappa shape index (κ3) is 3.55. The summed E-state index contributed by atoms with van der Waals surface area (Å²) in [4.78, 5) is 29.5. The first-order chi connectivity index (χ1) is 14.6. The van der Waals surface area contributed by atoms with E-state index in [1.165, 1.54) is 0 Å². The van der Waals surface area contributed by atoms with Crippen molar-refractivity contribution in [1.82, 2.24) is 29.6 Å². The number of aromatic nitrogens is 4. The first-order valence-electron chi connectivity index (χ1n) is 10.9. The van der Waals surface area contributed by atoms with E-state index >= 15 is 0 Å². The quantitative estimate of drug-likeness (QED) is 0.751. The van der Waals surface area contributed by atoms with Crippen molar-refractivity contribution in [3.05, 3.63) is 23.7 Å². The summed E-state index contributed by atoms with van der Waals surface area (Å²) >= 11 is 0. The highest BCUT2D eigenvalue weighted by Crippen LogP contribution is 2.30. The Hall–Kier alpha value is -2.55. The summed E-state index contributed by atoms with van der Waals surface area (Å²) in [6, 6.07) is 4.09. The zero-order valence-electron chi connectivity index (χ0n) is 17.4. The summed E-state index contributed by atoms with van der Waals surface area (Å²) in [5.41, 5.74) is 1.68. The zero-order chi connectivity index (χ0) is 20.7. The number of carbonyl (C=O) groups is 2. The number of amides is 2. The number of piperidine rings is 1. The normalized spacial score (nSPS) is 24.2. The number of likely N-dealkylation sites (tertiary alicyclic amines) is 2. The van der Waals surface area contributed by atoms with Crippen molar-refractivity contribution in [2.24, 2.45) is 5.92 Å². The van der Waals surface area contributed by atoms with E-state index in [1.807, 2.05) is 33.4 Å². The molecule has 0 radical (unpaired) electrons. The number of fused-ring (bicyclic) bond motifs is 1. The Balaban J connectivity index is 1.21. The minimum atomic E-state index is -0.213. The molecule has 1 unspecified atom stereocenters. The number of carbonyl (C=O) groups excluding carboxylic acids is 2. The lowest BCUT2D eigenvalue weighted by molar-refractivity contribution is -0.136. The Morgan fingerprint density at radius 1 is 1.10 bits per heavy atom. The molecule has 30 heavy (non-hydrogen) atoms. The minimum absolute atomic E-state index is 0.117. The number of aryl methyl sites for hydroxylation is 1. The topological polar surface area (TPSA) is 92.9 Å². The largest absolute Gasteiger partial charge is 0.381 e. The van der Waals surface area contributed by atoms with Crippen LogP contribution in [0.2, 0.25) is 0 Å². The average Bonchev–Trinajstić information content (AvgIpc) is 3.37. The SMILES string of the molecule is Cc1ccc2nnc(C3CCN(C(=O)C4CC(=O)N(C5CCOCC5)C4)CC3)n2n1. The van der Waals surface area contributed by atoms with Gasteiger partial charge in [0.1, 0.15) is 0 Å². The van der Waals surface area contributed by atoms with E-state index in [9.17, 15) is 9.59 Å².